The summed E-state index contributed by atoms with van der Waals surface area (Å²) in [7, 11) is 3.14. The van der Waals surface area contributed by atoms with E-state index < -0.39 is 12.3 Å². The Morgan fingerprint density at radius 2 is 2.05 bits per heavy atom. The van der Waals surface area contributed by atoms with Crippen LogP contribution in [0.3, 0.4) is 0 Å². The number of rotatable bonds is 4. The van der Waals surface area contributed by atoms with Gasteiger partial charge in [-0.2, -0.15) is 0 Å². The van der Waals surface area contributed by atoms with E-state index in [-0.39, 0.29) is 0 Å². The highest BCUT2D eigenvalue weighted by Gasteiger charge is 2.33. The number of aliphatic imine (C=N–C) groups is 1. The van der Waals surface area contributed by atoms with Gasteiger partial charge < -0.3 is 19.3 Å². The summed E-state index contributed by atoms with van der Waals surface area (Å²) in [5.41, 5.74) is 1.43. The third-order valence-electron chi connectivity index (χ3n) is 3.41. The van der Waals surface area contributed by atoms with Gasteiger partial charge >= 0.3 is 0 Å². The zero-order chi connectivity index (χ0) is 15.5. The van der Waals surface area contributed by atoms with Crippen molar-refractivity contribution in [1.29, 1.82) is 0 Å². The number of hydrogen-bond donors (Lipinski definition) is 1. The number of benzene rings is 1. The quantitative estimate of drug-likeness (QED) is 0.934. The van der Waals surface area contributed by atoms with Gasteiger partial charge in [-0.1, -0.05) is 0 Å². The van der Waals surface area contributed by atoms with E-state index in [1.54, 1.807) is 50.9 Å². The van der Waals surface area contributed by atoms with E-state index in [0.29, 0.717) is 23.0 Å². The van der Waals surface area contributed by atoms with E-state index in [2.05, 4.69) is 9.98 Å². The van der Waals surface area contributed by atoms with Crippen LogP contribution < -0.4 is 9.47 Å². The van der Waals surface area contributed by atoms with Gasteiger partial charge in [-0.05, 0) is 24.3 Å². The molecule has 22 heavy (non-hydrogen) atoms. The van der Waals surface area contributed by atoms with Crippen molar-refractivity contribution in [2.45, 2.75) is 12.3 Å². The van der Waals surface area contributed by atoms with Crippen LogP contribution in [0.1, 0.15) is 17.2 Å². The van der Waals surface area contributed by atoms with Crippen LogP contribution in [0.5, 0.6) is 11.5 Å². The normalized spacial score (nSPS) is 20.2. The first-order valence-corrected chi connectivity index (χ1v) is 6.78. The lowest BCUT2D eigenvalue weighted by Gasteiger charge is -2.18. The topological polar surface area (TPSA) is 73.2 Å². The molecule has 2 atom stereocenters. The summed E-state index contributed by atoms with van der Waals surface area (Å²) in [6, 6.07) is 8.94. The second-order valence-electron chi connectivity index (χ2n) is 4.74. The van der Waals surface area contributed by atoms with E-state index in [1.165, 1.54) is 0 Å². The van der Waals surface area contributed by atoms with Crippen LogP contribution in [0.25, 0.3) is 0 Å². The number of pyridine rings is 1. The van der Waals surface area contributed by atoms with Gasteiger partial charge in [-0.15, -0.1) is 0 Å². The minimum absolute atomic E-state index is 0.364. The predicted octanol–water partition coefficient (Wildman–Crippen LogP) is 1.94. The lowest BCUT2D eigenvalue weighted by atomic mass is 10.1. The van der Waals surface area contributed by atoms with Crippen molar-refractivity contribution < 1.29 is 19.3 Å². The second kappa shape index (κ2) is 6.03. The van der Waals surface area contributed by atoms with Gasteiger partial charge in [0.25, 0.3) is 0 Å². The van der Waals surface area contributed by atoms with Crippen LogP contribution in [0.4, 0.5) is 0 Å². The fraction of sp³-hybridized carbons (Fsp3) is 0.250. The molecule has 0 radical (unpaired) electrons. The van der Waals surface area contributed by atoms with Gasteiger partial charge in [0.2, 0.25) is 5.90 Å². The molecular weight excluding hydrogens is 284 g/mol. The molecule has 114 valence electrons. The number of hydrogen-bond acceptors (Lipinski definition) is 6. The van der Waals surface area contributed by atoms with Gasteiger partial charge in [0.05, 0.1) is 19.8 Å². The Hall–Kier alpha value is -2.60. The monoisotopic (exact) mass is 300 g/mol. The third-order valence-corrected chi connectivity index (χ3v) is 3.41. The van der Waals surface area contributed by atoms with Crippen LogP contribution >= 0.6 is 0 Å². The molecule has 0 spiro atoms. The molecule has 0 fully saturated rings. The third kappa shape index (κ3) is 2.60. The van der Waals surface area contributed by atoms with Crippen LogP contribution in [-0.2, 0) is 4.74 Å². The van der Waals surface area contributed by atoms with Crippen molar-refractivity contribution in [3.05, 3.63) is 53.9 Å². The highest BCUT2D eigenvalue weighted by Crippen LogP contribution is 2.36. The maximum atomic E-state index is 10.2. The summed E-state index contributed by atoms with van der Waals surface area (Å²) in [6.45, 7) is 0. The first kappa shape index (κ1) is 14.3. The van der Waals surface area contributed by atoms with Crippen molar-refractivity contribution in [1.82, 2.24) is 4.98 Å². The number of methoxy groups -OCH3 is 2. The fourth-order valence-electron chi connectivity index (χ4n) is 2.31. The Bertz CT molecular complexity index is 688. The summed E-state index contributed by atoms with van der Waals surface area (Å²) in [5, 5.41) is 10.2. The molecule has 1 aromatic heterocycles. The molecular formula is C16H16N2O4. The largest absolute Gasteiger partial charge is 0.497 e. The predicted molar refractivity (Wildman–Crippen MR) is 80.2 cm³/mol. The molecule has 6 heteroatoms. The van der Waals surface area contributed by atoms with E-state index in [0.717, 1.165) is 5.56 Å². The van der Waals surface area contributed by atoms with Gasteiger partial charge in [0.1, 0.15) is 11.5 Å². The molecule has 0 unspecified atom stereocenters. The first-order valence-electron chi connectivity index (χ1n) is 6.78. The lowest BCUT2D eigenvalue weighted by molar-refractivity contribution is 0.0626. The van der Waals surface area contributed by atoms with Crippen LogP contribution in [0, 0.1) is 0 Å². The van der Waals surface area contributed by atoms with Gasteiger partial charge in [-0.3, -0.25) is 4.98 Å². The van der Waals surface area contributed by atoms with Gasteiger partial charge in [0, 0.05) is 24.0 Å². The van der Waals surface area contributed by atoms with Crippen molar-refractivity contribution in [2.75, 3.05) is 14.2 Å². The zero-order valence-electron chi connectivity index (χ0n) is 12.3. The molecule has 0 bridgehead atoms. The summed E-state index contributed by atoms with van der Waals surface area (Å²) < 4.78 is 16.3. The van der Waals surface area contributed by atoms with Gasteiger partial charge in [0.15, 0.2) is 12.3 Å². The molecule has 0 aliphatic carbocycles. The minimum Gasteiger partial charge on any atom is -0.497 e. The van der Waals surface area contributed by atoms with E-state index in [1.807, 2.05) is 6.07 Å². The SMILES string of the molecule is COc1ccc([C@@H]2OC(c3cccnc3)=N[C@H]2O)c(OC)c1. The standard InChI is InChI=1S/C16H16N2O4/c1-20-11-5-6-12(13(8-11)21-2)14-15(19)18-16(22-14)10-4-3-7-17-9-10/h3-9,14-15,19H,1-2H3/t14-,15-/m0/s1. The molecule has 6 nitrogen and oxygen atoms in total. The van der Waals surface area contributed by atoms with Crippen LogP contribution in [-0.4, -0.2) is 36.4 Å². The average molecular weight is 300 g/mol. The molecule has 1 aliphatic heterocycles. The van der Waals surface area contributed by atoms with Crippen molar-refractivity contribution in [3.63, 3.8) is 0 Å². The molecule has 2 heterocycles. The van der Waals surface area contributed by atoms with E-state index in [9.17, 15) is 5.11 Å². The number of ether oxygens (including phenoxy) is 3. The van der Waals surface area contributed by atoms with Gasteiger partial charge in [-0.25, -0.2) is 4.99 Å². The highest BCUT2D eigenvalue weighted by atomic mass is 16.5. The number of aliphatic hydroxyl groups excluding tert-OH is 1. The number of nitrogens with zero attached hydrogens (tertiary/aromatic N) is 2. The Kier molecular flexibility index (Phi) is 3.93. The average Bonchev–Trinajstić information content (AvgIpc) is 2.96. The maximum absolute atomic E-state index is 10.2. The molecule has 2 aromatic rings. The van der Waals surface area contributed by atoms with E-state index in [4.69, 9.17) is 14.2 Å². The minimum atomic E-state index is -1.00. The number of aromatic nitrogens is 1. The van der Waals surface area contributed by atoms with Crippen molar-refractivity contribution >= 4 is 5.90 Å². The van der Waals surface area contributed by atoms with Crippen LogP contribution in [0.15, 0.2) is 47.7 Å². The van der Waals surface area contributed by atoms with E-state index >= 15 is 0 Å². The zero-order valence-corrected chi connectivity index (χ0v) is 12.3. The summed E-state index contributed by atoms with van der Waals surface area (Å²) in [6.07, 6.45) is 1.67. The Morgan fingerprint density at radius 1 is 1.18 bits per heavy atom. The summed E-state index contributed by atoms with van der Waals surface area (Å²) in [4.78, 5) is 8.18. The fourth-order valence-corrected chi connectivity index (χ4v) is 2.31. The Balaban J connectivity index is 1.89. The van der Waals surface area contributed by atoms with Crippen LogP contribution in [0.2, 0.25) is 0 Å². The van der Waals surface area contributed by atoms with Crippen molar-refractivity contribution in [2.24, 2.45) is 4.99 Å². The lowest BCUT2D eigenvalue weighted by Crippen LogP contribution is -2.14. The summed E-state index contributed by atoms with van der Waals surface area (Å²) >= 11 is 0. The highest BCUT2D eigenvalue weighted by molar-refractivity contribution is 5.95. The Morgan fingerprint density at radius 3 is 2.73 bits per heavy atom. The maximum Gasteiger partial charge on any atom is 0.221 e. The molecule has 1 N–H and O–H groups in total. The van der Waals surface area contributed by atoms with Crippen molar-refractivity contribution in [3.8, 4) is 11.5 Å². The molecule has 1 aromatic carbocycles. The molecule has 0 saturated heterocycles. The first-order chi connectivity index (χ1) is 10.7. The molecule has 0 saturated carbocycles. The molecule has 1 aliphatic rings. The summed E-state index contributed by atoms with van der Waals surface area (Å²) in [5.74, 6) is 1.61. The number of aliphatic hydroxyl groups is 1. The second-order valence-corrected chi connectivity index (χ2v) is 4.74. The smallest absolute Gasteiger partial charge is 0.221 e. The Labute approximate surface area is 128 Å². The molecule has 3 rings (SSSR count). The molecule has 0 amide bonds.